The molecule has 34 heavy (non-hydrogen) atoms. The average Bonchev–Trinajstić information content (AvgIpc) is 3.38. The van der Waals surface area contributed by atoms with Gasteiger partial charge in [0.1, 0.15) is 11.8 Å². The summed E-state index contributed by atoms with van der Waals surface area (Å²) in [6.45, 7) is 6.23. The van der Waals surface area contributed by atoms with Crippen molar-refractivity contribution in [3.05, 3.63) is 40.3 Å². The topological polar surface area (TPSA) is 95.0 Å². The van der Waals surface area contributed by atoms with Crippen LogP contribution in [0, 0.1) is 0 Å². The molecule has 2 aliphatic rings. The largest absolute Gasteiger partial charge is 0.383 e. The molecule has 3 heterocycles. The number of nitrogens with zero attached hydrogens (tertiary/aromatic N) is 3. The van der Waals surface area contributed by atoms with Crippen molar-refractivity contribution in [3.63, 3.8) is 0 Å². The predicted molar refractivity (Wildman–Crippen MR) is 134 cm³/mol. The minimum atomic E-state index is -0.896. The summed E-state index contributed by atoms with van der Waals surface area (Å²) < 4.78 is 5.45. The second-order valence-electron chi connectivity index (χ2n) is 8.90. The third-order valence-electron chi connectivity index (χ3n) is 6.53. The lowest BCUT2D eigenvalue weighted by molar-refractivity contribution is -0.141. The van der Waals surface area contributed by atoms with Crippen molar-refractivity contribution in [1.29, 1.82) is 0 Å². The third-order valence-corrected chi connectivity index (χ3v) is 7.54. The van der Waals surface area contributed by atoms with E-state index in [0.29, 0.717) is 38.4 Å². The van der Waals surface area contributed by atoms with E-state index in [1.807, 2.05) is 36.6 Å². The van der Waals surface area contributed by atoms with Crippen LogP contribution in [-0.4, -0.2) is 72.3 Å². The number of nitrogens with one attached hydrogen (secondary N) is 1. The van der Waals surface area contributed by atoms with Crippen molar-refractivity contribution in [2.45, 2.75) is 51.0 Å². The number of aliphatic hydroxyl groups excluding tert-OH is 1. The maximum absolute atomic E-state index is 13.0. The Labute approximate surface area is 204 Å². The molecule has 1 unspecified atom stereocenters. The van der Waals surface area contributed by atoms with Crippen LogP contribution >= 0.6 is 11.3 Å². The van der Waals surface area contributed by atoms with Crippen molar-refractivity contribution < 1.29 is 19.4 Å². The fraction of sp³-hybridized carbons (Fsp3) is 0.560. The number of hydrogen-bond acceptors (Lipinski definition) is 7. The van der Waals surface area contributed by atoms with E-state index in [-0.39, 0.29) is 17.7 Å². The smallest absolute Gasteiger partial charge is 0.275 e. The number of thiazole rings is 1. The highest BCUT2D eigenvalue weighted by Crippen LogP contribution is 2.32. The number of rotatable bonds is 8. The average molecular weight is 487 g/mol. The second kappa shape index (κ2) is 11.8. The number of hydrogen-bond donors (Lipinski definition) is 2. The van der Waals surface area contributed by atoms with Crippen molar-refractivity contribution in [2.24, 2.45) is 0 Å². The number of carbonyl (C=O) groups excluding carboxylic acids is 2. The first kappa shape index (κ1) is 24.6. The number of unbranched alkanes of at least 4 members (excludes halogenated alkanes) is 1. The number of morpholine rings is 1. The first-order valence-corrected chi connectivity index (χ1v) is 13.1. The van der Waals surface area contributed by atoms with E-state index in [1.54, 1.807) is 4.90 Å². The van der Waals surface area contributed by atoms with Crippen LogP contribution in [0.3, 0.4) is 0 Å². The van der Waals surface area contributed by atoms with Crippen LogP contribution in [0.5, 0.6) is 0 Å². The summed E-state index contributed by atoms with van der Waals surface area (Å²) in [5, 5.41) is 15.9. The minimum Gasteiger partial charge on any atom is -0.383 e. The number of amides is 2. The van der Waals surface area contributed by atoms with Crippen LogP contribution in [-0.2, 0) is 9.53 Å². The zero-order valence-corrected chi connectivity index (χ0v) is 20.6. The first-order chi connectivity index (χ1) is 16.6. The number of benzene rings is 1. The van der Waals surface area contributed by atoms with Gasteiger partial charge in [-0.15, -0.1) is 11.3 Å². The van der Waals surface area contributed by atoms with Crippen molar-refractivity contribution >= 4 is 34.5 Å². The zero-order chi connectivity index (χ0) is 23.9. The number of aromatic nitrogens is 1. The van der Waals surface area contributed by atoms with Gasteiger partial charge >= 0.3 is 0 Å². The Balaban J connectivity index is 1.34. The van der Waals surface area contributed by atoms with Gasteiger partial charge in [-0.1, -0.05) is 31.9 Å². The summed E-state index contributed by atoms with van der Waals surface area (Å²) in [5.74, 6) is -0.149. The molecule has 1 atom stereocenters. The lowest BCUT2D eigenvalue weighted by atomic mass is 9.97. The lowest BCUT2D eigenvalue weighted by Gasteiger charge is -2.32. The normalized spacial score (nSPS) is 18.1. The Morgan fingerprint density at radius 2 is 1.94 bits per heavy atom. The number of anilines is 2. The highest BCUT2D eigenvalue weighted by Gasteiger charge is 2.29. The molecule has 0 saturated carbocycles. The molecule has 0 bridgehead atoms. The third kappa shape index (κ3) is 5.95. The van der Waals surface area contributed by atoms with Gasteiger partial charge in [0.15, 0.2) is 0 Å². The van der Waals surface area contributed by atoms with E-state index in [9.17, 15) is 14.7 Å². The van der Waals surface area contributed by atoms with E-state index in [2.05, 4.69) is 15.2 Å². The van der Waals surface area contributed by atoms with Crippen LogP contribution in [0.1, 0.15) is 60.4 Å². The number of carbonyl (C=O) groups is 2. The van der Waals surface area contributed by atoms with Gasteiger partial charge in [0, 0.05) is 37.5 Å². The predicted octanol–water partition coefficient (Wildman–Crippen LogP) is 3.49. The molecule has 9 heteroatoms. The summed E-state index contributed by atoms with van der Waals surface area (Å²) in [5.41, 5.74) is 2.19. The van der Waals surface area contributed by atoms with E-state index < -0.39 is 6.10 Å². The van der Waals surface area contributed by atoms with Crippen LogP contribution in [0.25, 0.3) is 0 Å². The molecule has 184 valence electrons. The molecule has 0 aliphatic carbocycles. The molecule has 0 radical (unpaired) electrons. The SMILES string of the molecule is CCCCC(O)C(=O)N1CCC(c2nc(C(=O)Nc3ccccc3N3CCOCC3)cs2)CC1. The second-order valence-corrected chi connectivity index (χ2v) is 9.79. The molecule has 1 aromatic carbocycles. The Bertz CT molecular complexity index is 967. The van der Waals surface area contributed by atoms with Gasteiger partial charge in [0.05, 0.1) is 29.6 Å². The molecular weight excluding hydrogens is 452 g/mol. The standard InChI is InChI=1S/C25H34N4O4S/c1-2-3-8-22(30)25(32)29-11-9-18(10-12-29)24-27-20(17-34-24)23(31)26-19-6-4-5-7-21(19)28-13-15-33-16-14-28/h4-7,17-18,22,30H,2-3,8-16H2,1H3,(H,26,31). The Kier molecular flexibility index (Phi) is 8.53. The van der Waals surface area contributed by atoms with Crippen LogP contribution in [0.4, 0.5) is 11.4 Å². The Morgan fingerprint density at radius 1 is 1.21 bits per heavy atom. The molecule has 1 aromatic heterocycles. The molecular formula is C25H34N4O4S. The highest BCUT2D eigenvalue weighted by molar-refractivity contribution is 7.10. The van der Waals surface area contributed by atoms with Crippen LogP contribution in [0.15, 0.2) is 29.6 Å². The monoisotopic (exact) mass is 486 g/mol. The molecule has 0 spiro atoms. The minimum absolute atomic E-state index is 0.162. The molecule has 8 nitrogen and oxygen atoms in total. The quantitative estimate of drug-likeness (QED) is 0.593. The van der Waals surface area contributed by atoms with Crippen molar-refractivity contribution in [3.8, 4) is 0 Å². The van der Waals surface area contributed by atoms with E-state index in [0.717, 1.165) is 55.2 Å². The van der Waals surface area contributed by atoms with Gasteiger partial charge in [0.25, 0.3) is 11.8 Å². The molecule has 2 aliphatic heterocycles. The van der Waals surface area contributed by atoms with Crippen LogP contribution < -0.4 is 10.2 Å². The van der Waals surface area contributed by atoms with Crippen molar-refractivity contribution in [1.82, 2.24) is 9.88 Å². The van der Waals surface area contributed by atoms with Gasteiger partial charge in [-0.05, 0) is 31.4 Å². The number of piperidine rings is 1. The Morgan fingerprint density at radius 3 is 2.68 bits per heavy atom. The van der Waals surface area contributed by atoms with E-state index in [4.69, 9.17) is 4.74 Å². The molecule has 2 amide bonds. The first-order valence-electron chi connectivity index (χ1n) is 12.2. The van der Waals surface area contributed by atoms with E-state index >= 15 is 0 Å². The maximum Gasteiger partial charge on any atom is 0.275 e. The Hall–Kier alpha value is -2.49. The van der Waals surface area contributed by atoms with Gasteiger partial charge in [-0.25, -0.2) is 4.98 Å². The van der Waals surface area contributed by atoms with Gasteiger partial charge < -0.3 is 25.0 Å². The summed E-state index contributed by atoms with van der Waals surface area (Å²) in [7, 11) is 0. The highest BCUT2D eigenvalue weighted by atomic mass is 32.1. The summed E-state index contributed by atoms with van der Waals surface area (Å²) >= 11 is 1.50. The molecule has 2 saturated heterocycles. The summed E-state index contributed by atoms with van der Waals surface area (Å²) in [6.07, 6.45) is 3.03. The zero-order valence-electron chi connectivity index (χ0n) is 19.7. The number of para-hydroxylation sites is 2. The molecule has 2 aromatic rings. The van der Waals surface area contributed by atoms with Gasteiger partial charge in [-0.2, -0.15) is 0 Å². The number of likely N-dealkylation sites (tertiary alicyclic amines) is 1. The maximum atomic E-state index is 13.0. The molecule has 4 rings (SSSR count). The van der Waals surface area contributed by atoms with E-state index in [1.165, 1.54) is 11.3 Å². The molecule has 2 fully saturated rings. The number of aliphatic hydroxyl groups is 1. The fourth-order valence-electron chi connectivity index (χ4n) is 4.50. The number of ether oxygens (including phenoxy) is 1. The van der Waals surface area contributed by atoms with Crippen LogP contribution in [0.2, 0.25) is 0 Å². The van der Waals surface area contributed by atoms with Gasteiger partial charge in [-0.3, -0.25) is 9.59 Å². The summed E-state index contributed by atoms with van der Waals surface area (Å²) in [4.78, 5) is 34.0. The molecule has 2 N–H and O–H groups in total. The van der Waals surface area contributed by atoms with Crippen molar-refractivity contribution in [2.75, 3.05) is 49.6 Å². The summed E-state index contributed by atoms with van der Waals surface area (Å²) in [6, 6.07) is 7.82. The lowest BCUT2D eigenvalue weighted by Crippen LogP contribution is -2.43. The fourth-order valence-corrected chi connectivity index (χ4v) is 5.47. The van der Waals surface area contributed by atoms with Gasteiger partial charge in [0.2, 0.25) is 0 Å².